The van der Waals surface area contributed by atoms with Crippen molar-refractivity contribution in [3.05, 3.63) is 22.2 Å². The molecular formula is C14H16BrNO5. The lowest BCUT2D eigenvalue weighted by Crippen LogP contribution is -2.37. The first-order chi connectivity index (χ1) is 9.97. The second kappa shape index (κ2) is 6.34. The number of hydrogen-bond donors (Lipinski definition) is 1. The van der Waals surface area contributed by atoms with Gasteiger partial charge in [-0.2, -0.15) is 0 Å². The van der Waals surface area contributed by atoms with E-state index in [9.17, 15) is 9.59 Å². The van der Waals surface area contributed by atoms with Crippen molar-refractivity contribution in [3.63, 3.8) is 0 Å². The quantitative estimate of drug-likeness (QED) is 0.844. The molecule has 1 aromatic rings. The highest BCUT2D eigenvalue weighted by molar-refractivity contribution is 9.10. The zero-order valence-corrected chi connectivity index (χ0v) is 13.3. The predicted molar refractivity (Wildman–Crippen MR) is 78.9 cm³/mol. The summed E-state index contributed by atoms with van der Waals surface area (Å²) >= 11 is 3.33. The molecule has 0 radical (unpaired) electrons. The highest BCUT2D eigenvalue weighted by atomic mass is 79.9. The van der Waals surface area contributed by atoms with Crippen molar-refractivity contribution in [2.24, 2.45) is 0 Å². The Bertz CT molecular complexity index is 571. The largest absolute Gasteiger partial charge is 0.493 e. The molecule has 6 nitrogen and oxygen atoms in total. The lowest BCUT2D eigenvalue weighted by atomic mass is 10.1. The Labute approximate surface area is 130 Å². The van der Waals surface area contributed by atoms with Crippen molar-refractivity contribution in [2.45, 2.75) is 18.9 Å². The maximum atomic E-state index is 12.5. The third kappa shape index (κ3) is 3.47. The monoisotopic (exact) mass is 357 g/mol. The van der Waals surface area contributed by atoms with Gasteiger partial charge in [-0.15, -0.1) is 0 Å². The van der Waals surface area contributed by atoms with Gasteiger partial charge in [-0.3, -0.25) is 9.59 Å². The second-order valence-corrected chi connectivity index (χ2v) is 5.61. The van der Waals surface area contributed by atoms with E-state index in [0.717, 1.165) is 12.8 Å². The van der Waals surface area contributed by atoms with Gasteiger partial charge in [0, 0.05) is 11.6 Å². The number of halogens is 1. The molecule has 1 aliphatic carbocycles. The van der Waals surface area contributed by atoms with Crippen LogP contribution in [0.25, 0.3) is 0 Å². The maximum Gasteiger partial charge on any atom is 0.323 e. The van der Waals surface area contributed by atoms with Crippen LogP contribution in [0.4, 0.5) is 0 Å². The zero-order chi connectivity index (χ0) is 15.6. The molecule has 0 bridgehead atoms. The highest BCUT2D eigenvalue weighted by Gasteiger charge is 2.34. The van der Waals surface area contributed by atoms with Crippen molar-refractivity contribution in [3.8, 4) is 11.5 Å². The summed E-state index contributed by atoms with van der Waals surface area (Å²) in [7, 11) is 2.99. The topological polar surface area (TPSA) is 76.1 Å². The summed E-state index contributed by atoms with van der Waals surface area (Å²) in [5.74, 6) is -0.428. The fourth-order valence-corrected chi connectivity index (χ4v) is 2.71. The number of benzene rings is 1. The standard InChI is InChI=1S/C14H16BrNO5/c1-20-11-6-8(5-10(15)13(11)21-2)14(19)16(7-12(17)18)9-3-4-9/h5-6,9H,3-4,7H2,1-2H3,(H,17,18). The van der Waals surface area contributed by atoms with Crippen LogP contribution in [0.15, 0.2) is 16.6 Å². The number of carbonyl (C=O) groups excluding carboxylic acids is 1. The number of carboxylic acid groups (broad SMARTS) is 1. The minimum absolute atomic E-state index is 0.0143. The number of aliphatic carboxylic acids is 1. The predicted octanol–water partition coefficient (Wildman–Crippen LogP) is 2.16. The molecule has 1 N–H and O–H groups in total. The Morgan fingerprint density at radius 3 is 2.48 bits per heavy atom. The zero-order valence-electron chi connectivity index (χ0n) is 11.8. The number of ether oxygens (including phenoxy) is 2. The first kappa shape index (κ1) is 15.6. The van der Waals surface area contributed by atoms with Gasteiger partial charge in [0.15, 0.2) is 11.5 Å². The molecule has 0 heterocycles. The lowest BCUT2D eigenvalue weighted by molar-refractivity contribution is -0.137. The molecule has 1 aromatic carbocycles. The van der Waals surface area contributed by atoms with E-state index < -0.39 is 5.97 Å². The van der Waals surface area contributed by atoms with Crippen molar-refractivity contribution in [1.29, 1.82) is 0 Å². The third-order valence-electron chi connectivity index (χ3n) is 3.23. The molecule has 1 aliphatic rings. The van der Waals surface area contributed by atoms with E-state index in [0.29, 0.717) is 21.5 Å². The molecule has 0 aliphatic heterocycles. The van der Waals surface area contributed by atoms with Gasteiger partial charge < -0.3 is 19.5 Å². The smallest absolute Gasteiger partial charge is 0.323 e. The fraction of sp³-hybridized carbons (Fsp3) is 0.429. The minimum Gasteiger partial charge on any atom is -0.493 e. The SMILES string of the molecule is COc1cc(C(=O)N(CC(=O)O)C2CC2)cc(Br)c1OC. The summed E-state index contributed by atoms with van der Waals surface area (Å²) in [6, 6.07) is 3.19. The molecule has 0 atom stereocenters. The average molecular weight is 358 g/mol. The first-order valence-corrected chi connectivity index (χ1v) is 7.21. The molecule has 2 rings (SSSR count). The number of nitrogens with zero attached hydrogens (tertiary/aromatic N) is 1. The lowest BCUT2D eigenvalue weighted by Gasteiger charge is -2.21. The minimum atomic E-state index is -1.02. The summed E-state index contributed by atoms with van der Waals surface area (Å²) in [5, 5.41) is 8.95. The van der Waals surface area contributed by atoms with Crippen LogP contribution in [-0.2, 0) is 4.79 Å². The van der Waals surface area contributed by atoms with E-state index >= 15 is 0 Å². The van der Waals surface area contributed by atoms with Crippen LogP contribution in [0, 0.1) is 0 Å². The van der Waals surface area contributed by atoms with E-state index in [4.69, 9.17) is 14.6 Å². The fourth-order valence-electron chi connectivity index (χ4n) is 2.11. The molecule has 0 unspecified atom stereocenters. The van der Waals surface area contributed by atoms with Crippen molar-refractivity contribution in [2.75, 3.05) is 20.8 Å². The summed E-state index contributed by atoms with van der Waals surface area (Å²) in [6.07, 6.45) is 1.68. The molecular weight excluding hydrogens is 342 g/mol. The van der Waals surface area contributed by atoms with Crippen LogP contribution in [0.5, 0.6) is 11.5 Å². The molecule has 21 heavy (non-hydrogen) atoms. The molecule has 1 fully saturated rings. The summed E-state index contributed by atoms with van der Waals surface area (Å²) in [5.41, 5.74) is 0.368. The van der Waals surface area contributed by atoms with Crippen LogP contribution >= 0.6 is 15.9 Å². The summed E-state index contributed by atoms with van der Waals surface area (Å²) in [4.78, 5) is 24.8. The summed E-state index contributed by atoms with van der Waals surface area (Å²) < 4.78 is 11.0. The van der Waals surface area contributed by atoms with Crippen LogP contribution < -0.4 is 9.47 Å². The van der Waals surface area contributed by atoms with Crippen LogP contribution in [0.2, 0.25) is 0 Å². The number of methoxy groups -OCH3 is 2. The van der Waals surface area contributed by atoms with Crippen LogP contribution in [0.1, 0.15) is 23.2 Å². The van der Waals surface area contributed by atoms with Gasteiger partial charge in [0.1, 0.15) is 6.54 Å². The number of amides is 1. The molecule has 0 saturated heterocycles. The number of carboxylic acids is 1. The Kier molecular flexibility index (Phi) is 4.72. The normalized spacial score (nSPS) is 13.7. The van der Waals surface area contributed by atoms with E-state index in [-0.39, 0.29) is 18.5 Å². The van der Waals surface area contributed by atoms with Gasteiger partial charge >= 0.3 is 5.97 Å². The van der Waals surface area contributed by atoms with E-state index in [1.54, 1.807) is 12.1 Å². The van der Waals surface area contributed by atoms with Gasteiger partial charge in [0.05, 0.1) is 18.7 Å². The Balaban J connectivity index is 2.33. The molecule has 114 valence electrons. The van der Waals surface area contributed by atoms with Gasteiger partial charge in [0.25, 0.3) is 5.91 Å². The Morgan fingerprint density at radius 2 is 2.00 bits per heavy atom. The average Bonchev–Trinajstić information content (AvgIpc) is 3.27. The van der Waals surface area contributed by atoms with Gasteiger partial charge in [0.2, 0.25) is 0 Å². The molecule has 1 amide bonds. The van der Waals surface area contributed by atoms with Crippen molar-refractivity contribution in [1.82, 2.24) is 4.90 Å². The number of rotatable bonds is 6. The molecule has 0 spiro atoms. The van der Waals surface area contributed by atoms with E-state index in [1.807, 2.05) is 0 Å². The Morgan fingerprint density at radius 1 is 1.33 bits per heavy atom. The van der Waals surface area contributed by atoms with Crippen molar-refractivity contribution >= 4 is 27.8 Å². The molecule has 7 heteroatoms. The van der Waals surface area contributed by atoms with Crippen molar-refractivity contribution < 1.29 is 24.2 Å². The second-order valence-electron chi connectivity index (χ2n) is 4.75. The van der Waals surface area contributed by atoms with Crippen LogP contribution in [0.3, 0.4) is 0 Å². The van der Waals surface area contributed by atoms with E-state index in [2.05, 4.69) is 15.9 Å². The van der Waals surface area contributed by atoms with Gasteiger partial charge in [-0.1, -0.05) is 0 Å². The number of hydrogen-bond acceptors (Lipinski definition) is 4. The van der Waals surface area contributed by atoms with E-state index in [1.165, 1.54) is 19.1 Å². The third-order valence-corrected chi connectivity index (χ3v) is 3.82. The van der Waals surface area contributed by atoms with Gasteiger partial charge in [-0.05, 0) is 40.9 Å². The highest BCUT2D eigenvalue weighted by Crippen LogP contribution is 2.37. The molecule has 0 aromatic heterocycles. The van der Waals surface area contributed by atoms with Gasteiger partial charge in [-0.25, -0.2) is 0 Å². The van der Waals surface area contributed by atoms with Crippen LogP contribution in [-0.4, -0.2) is 48.7 Å². The number of carbonyl (C=O) groups is 2. The summed E-state index contributed by atoms with van der Waals surface area (Å²) in [6.45, 7) is -0.296. The first-order valence-electron chi connectivity index (χ1n) is 6.42. The maximum absolute atomic E-state index is 12.5. The Hall–Kier alpha value is -1.76. The molecule has 1 saturated carbocycles.